The SMILES string of the molecule is CCNc1cccnc1S(=O)(=O)NC(C)CC(F)(F)F. The molecule has 1 atom stereocenters. The molecule has 0 aliphatic rings. The maximum absolute atomic E-state index is 12.2. The van der Waals surface area contributed by atoms with E-state index in [9.17, 15) is 21.6 Å². The van der Waals surface area contributed by atoms with Crippen LogP contribution < -0.4 is 10.0 Å². The van der Waals surface area contributed by atoms with Crippen LogP contribution in [0, 0.1) is 0 Å². The zero-order valence-corrected chi connectivity index (χ0v) is 11.8. The average Bonchev–Trinajstić information content (AvgIpc) is 2.26. The summed E-state index contributed by atoms with van der Waals surface area (Å²) in [5.74, 6) is 0. The first kappa shape index (κ1) is 16.7. The Hall–Kier alpha value is -1.35. The third-order valence-electron chi connectivity index (χ3n) is 2.29. The highest BCUT2D eigenvalue weighted by atomic mass is 32.2. The molecular weight excluding hydrogens is 295 g/mol. The molecule has 9 heteroatoms. The molecule has 1 heterocycles. The van der Waals surface area contributed by atoms with Crippen LogP contribution in [0.2, 0.25) is 0 Å². The smallest absolute Gasteiger partial charge is 0.383 e. The van der Waals surface area contributed by atoms with Gasteiger partial charge in [-0.1, -0.05) is 0 Å². The van der Waals surface area contributed by atoms with E-state index in [0.29, 0.717) is 6.54 Å². The maximum atomic E-state index is 12.2. The molecule has 1 unspecified atom stereocenters. The summed E-state index contributed by atoms with van der Waals surface area (Å²) in [5.41, 5.74) is 0.252. The van der Waals surface area contributed by atoms with Crippen LogP contribution in [0.5, 0.6) is 0 Å². The molecule has 0 spiro atoms. The minimum atomic E-state index is -4.43. The van der Waals surface area contributed by atoms with Crippen LogP contribution >= 0.6 is 0 Å². The molecule has 0 fully saturated rings. The van der Waals surface area contributed by atoms with Crippen LogP contribution in [0.4, 0.5) is 18.9 Å². The van der Waals surface area contributed by atoms with Gasteiger partial charge in [0.1, 0.15) is 0 Å². The van der Waals surface area contributed by atoms with E-state index < -0.39 is 28.7 Å². The number of alkyl halides is 3. The Bertz CT molecular complexity index is 546. The van der Waals surface area contributed by atoms with Crippen molar-refractivity contribution in [3.8, 4) is 0 Å². The number of halogens is 3. The molecule has 1 aromatic heterocycles. The normalized spacial score (nSPS) is 14.1. The predicted molar refractivity (Wildman–Crippen MR) is 68.9 cm³/mol. The Morgan fingerprint density at radius 1 is 1.40 bits per heavy atom. The van der Waals surface area contributed by atoms with E-state index in [1.807, 2.05) is 4.72 Å². The number of anilines is 1. The van der Waals surface area contributed by atoms with E-state index in [4.69, 9.17) is 0 Å². The minimum absolute atomic E-state index is 0.252. The Morgan fingerprint density at radius 2 is 2.05 bits per heavy atom. The van der Waals surface area contributed by atoms with Crippen molar-refractivity contribution < 1.29 is 21.6 Å². The van der Waals surface area contributed by atoms with Gasteiger partial charge in [0.05, 0.1) is 12.1 Å². The lowest BCUT2D eigenvalue weighted by Gasteiger charge is -2.17. The first-order valence-electron chi connectivity index (χ1n) is 5.93. The molecule has 2 N–H and O–H groups in total. The summed E-state index contributed by atoms with van der Waals surface area (Å²) in [4.78, 5) is 3.72. The fourth-order valence-corrected chi connectivity index (χ4v) is 2.99. The highest BCUT2D eigenvalue weighted by Gasteiger charge is 2.32. The van der Waals surface area contributed by atoms with Crippen LogP contribution in [-0.4, -0.2) is 32.2 Å². The van der Waals surface area contributed by atoms with E-state index in [1.165, 1.54) is 18.3 Å². The molecule has 0 saturated heterocycles. The van der Waals surface area contributed by atoms with E-state index in [-0.39, 0.29) is 10.7 Å². The van der Waals surface area contributed by atoms with Crippen molar-refractivity contribution in [2.75, 3.05) is 11.9 Å². The Balaban J connectivity index is 2.94. The summed E-state index contributed by atoms with van der Waals surface area (Å²) in [6, 6.07) is 1.77. The number of aromatic nitrogens is 1. The van der Waals surface area contributed by atoms with Gasteiger partial charge in [-0.25, -0.2) is 18.1 Å². The average molecular weight is 311 g/mol. The number of sulfonamides is 1. The van der Waals surface area contributed by atoms with Crippen molar-refractivity contribution in [3.05, 3.63) is 18.3 Å². The number of hydrogen-bond acceptors (Lipinski definition) is 4. The number of nitrogens with zero attached hydrogens (tertiary/aromatic N) is 1. The predicted octanol–water partition coefficient (Wildman–Crippen LogP) is 2.13. The van der Waals surface area contributed by atoms with Crippen LogP contribution in [0.15, 0.2) is 23.4 Å². The van der Waals surface area contributed by atoms with Crippen molar-refractivity contribution >= 4 is 15.7 Å². The molecule has 0 amide bonds. The van der Waals surface area contributed by atoms with Crippen molar-refractivity contribution in [1.82, 2.24) is 9.71 Å². The topological polar surface area (TPSA) is 71.1 Å². The molecule has 1 aromatic rings. The third-order valence-corrected chi connectivity index (χ3v) is 3.83. The molecule has 0 aliphatic carbocycles. The quantitative estimate of drug-likeness (QED) is 0.844. The van der Waals surface area contributed by atoms with E-state index >= 15 is 0 Å². The first-order chi connectivity index (χ1) is 9.15. The second-order valence-electron chi connectivity index (χ2n) is 4.23. The van der Waals surface area contributed by atoms with Crippen molar-refractivity contribution in [2.24, 2.45) is 0 Å². The first-order valence-corrected chi connectivity index (χ1v) is 7.42. The van der Waals surface area contributed by atoms with Gasteiger partial charge in [-0.3, -0.25) is 0 Å². The van der Waals surface area contributed by atoms with Gasteiger partial charge >= 0.3 is 6.18 Å². The fourth-order valence-electron chi connectivity index (χ4n) is 1.64. The van der Waals surface area contributed by atoms with Gasteiger partial charge in [0.25, 0.3) is 10.0 Å². The van der Waals surface area contributed by atoms with Crippen LogP contribution in [0.3, 0.4) is 0 Å². The molecule has 20 heavy (non-hydrogen) atoms. The molecule has 1 rings (SSSR count). The third kappa shape index (κ3) is 4.97. The van der Waals surface area contributed by atoms with Crippen molar-refractivity contribution in [2.45, 2.75) is 37.5 Å². The second-order valence-corrected chi connectivity index (χ2v) is 5.86. The summed E-state index contributed by atoms with van der Waals surface area (Å²) in [6.07, 6.45) is -4.41. The fraction of sp³-hybridized carbons (Fsp3) is 0.545. The molecular formula is C11H16F3N3O2S. The highest BCUT2D eigenvalue weighted by Crippen LogP contribution is 2.23. The van der Waals surface area contributed by atoms with Gasteiger partial charge in [0, 0.05) is 18.8 Å². The van der Waals surface area contributed by atoms with Gasteiger partial charge in [-0.2, -0.15) is 13.2 Å². The van der Waals surface area contributed by atoms with E-state index in [1.54, 1.807) is 6.92 Å². The standard InChI is InChI=1S/C11H16F3N3O2S/c1-3-15-9-5-4-6-16-10(9)20(18,19)17-8(2)7-11(12,13)14/h4-6,8,15,17H,3,7H2,1-2H3. The Morgan fingerprint density at radius 3 is 2.60 bits per heavy atom. The van der Waals surface area contributed by atoms with Gasteiger partial charge < -0.3 is 5.32 Å². The van der Waals surface area contributed by atoms with Gasteiger partial charge in [0.2, 0.25) is 0 Å². The summed E-state index contributed by atoms with van der Waals surface area (Å²) in [5, 5.41) is 2.49. The zero-order valence-electron chi connectivity index (χ0n) is 11.0. The number of rotatable bonds is 6. The maximum Gasteiger partial charge on any atom is 0.390 e. The molecule has 5 nitrogen and oxygen atoms in total. The molecule has 0 radical (unpaired) electrons. The molecule has 114 valence electrons. The monoisotopic (exact) mass is 311 g/mol. The highest BCUT2D eigenvalue weighted by molar-refractivity contribution is 7.89. The lowest BCUT2D eigenvalue weighted by molar-refractivity contribution is -0.137. The van der Waals surface area contributed by atoms with Crippen LogP contribution in [0.1, 0.15) is 20.3 Å². The summed E-state index contributed by atoms with van der Waals surface area (Å²) < 4.78 is 62.7. The van der Waals surface area contributed by atoms with Gasteiger partial charge in [-0.15, -0.1) is 0 Å². The van der Waals surface area contributed by atoms with Crippen molar-refractivity contribution in [1.29, 1.82) is 0 Å². The number of nitrogens with one attached hydrogen (secondary N) is 2. The van der Waals surface area contributed by atoms with Gasteiger partial charge in [-0.05, 0) is 26.0 Å². The number of hydrogen-bond donors (Lipinski definition) is 2. The molecule has 0 saturated carbocycles. The summed E-state index contributed by atoms with van der Waals surface area (Å²) in [6.45, 7) is 3.39. The summed E-state index contributed by atoms with van der Waals surface area (Å²) in [7, 11) is -4.11. The van der Waals surface area contributed by atoms with E-state index in [0.717, 1.165) is 6.92 Å². The lowest BCUT2D eigenvalue weighted by atomic mass is 10.2. The van der Waals surface area contributed by atoms with E-state index in [2.05, 4.69) is 10.3 Å². The minimum Gasteiger partial charge on any atom is -0.383 e. The molecule has 0 aliphatic heterocycles. The van der Waals surface area contributed by atoms with Crippen molar-refractivity contribution in [3.63, 3.8) is 0 Å². The van der Waals surface area contributed by atoms with Gasteiger partial charge in [0.15, 0.2) is 5.03 Å². The van der Waals surface area contributed by atoms with Crippen LogP contribution in [-0.2, 0) is 10.0 Å². The van der Waals surface area contributed by atoms with Crippen LogP contribution in [0.25, 0.3) is 0 Å². The summed E-state index contributed by atoms with van der Waals surface area (Å²) >= 11 is 0. The lowest BCUT2D eigenvalue weighted by Crippen LogP contribution is -2.36. The molecule has 0 aromatic carbocycles. The Labute approximate surface area is 115 Å². The molecule has 0 bridgehead atoms. The second kappa shape index (κ2) is 6.40. The Kier molecular flexibility index (Phi) is 5.35. The number of pyridine rings is 1. The largest absolute Gasteiger partial charge is 0.390 e. The zero-order chi connectivity index (χ0) is 15.4.